The number of aromatic nitrogens is 1. The summed E-state index contributed by atoms with van der Waals surface area (Å²) in [5, 5.41) is 7.20. The van der Waals surface area contributed by atoms with Crippen molar-refractivity contribution in [3.8, 4) is 44.5 Å². The molecule has 0 radical (unpaired) electrons. The van der Waals surface area contributed by atoms with Crippen molar-refractivity contribution in [1.29, 1.82) is 0 Å². The summed E-state index contributed by atoms with van der Waals surface area (Å²) in [7, 11) is 0. The molecule has 0 aliphatic rings. The van der Waals surface area contributed by atoms with Gasteiger partial charge in [0.2, 0.25) is 0 Å². The van der Waals surface area contributed by atoms with Gasteiger partial charge in [0.15, 0.2) is 1.41 Å². The van der Waals surface area contributed by atoms with Crippen LogP contribution in [0.25, 0.3) is 87.9 Å². The molecule has 0 fully saturated rings. The van der Waals surface area contributed by atoms with Crippen molar-refractivity contribution in [1.82, 2.24) is 4.98 Å². The van der Waals surface area contributed by atoms with E-state index in [0.717, 1.165) is 38.5 Å². The first-order valence-corrected chi connectivity index (χ1v) is 15.4. The lowest BCUT2D eigenvalue weighted by Gasteiger charge is -2.09. The highest BCUT2D eigenvalue weighted by molar-refractivity contribution is 6.09. The van der Waals surface area contributed by atoms with Gasteiger partial charge in [-0.05, 0) is 109 Å². The Balaban J connectivity index is 1.03. The lowest BCUT2D eigenvalue weighted by Crippen LogP contribution is -1.83. The topological polar surface area (TPSA) is 15.8 Å². The predicted molar refractivity (Wildman–Crippen MR) is 193 cm³/mol. The van der Waals surface area contributed by atoms with E-state index in [1.807, 2.05) is 6.07 Å². The average molecular weight is 573 g/mol. The second kappa shape index (κ2) is 10.4. The number of hydrogen-bond acceptors (Lipinski definition) is 0. The van der Waals surface area contributed by atoms with E-state index in [1.165, 1.54) is 49.4 Å². The summed E-state index contributed by atoms with van der Waals surface area (Å²) in [5.41, 5.74) is 11.4. The summed E-state index contributed by atoms with van der Waals surface area (Å²) < 4.78 is 8.74. The van der Waals surface area contributed by atoms with Crippen molar-refractivity contribution in [2.24, 2.45) is 0 Å². The molecule has 0 spiro atoms. The largest absolute Gasteiger partial charge is 0.355 e. The molecular formula is C44H29N. The zero-order chi connectivity index (χ0) is 30.6. The van der Waals surface area contributed by atoms with Crippen LogP contribution in [0.2, 0.25) is 1.41 Å². The highest BCUT2D eigenvalue weighted by atomic mass is 14.7. The molecule has 0 saturated heterocycles. The minimum Gasteiger partial charge on any atom is -0.355 e. The van der Waals surface area contributed by atoms with Crippen LogP contribution in [0.5, 0.6) is 0 Å². The van der Waals surface area contributed by atoms with Crippen molar-refractivity contribution in [3.63, 3.8) is 0 Å². The zero-order valence-corrected chi connectivity index (χ0v) is 24.6. The first-order valence-electron chi connectivity index (χ1n) is 15.9. The lowest BCUT2D eigenvalue weighted by atomic mass is 9.95. The highest BCUT2D eigenvalue weighted by Gasteiger charge is 2.09. The van der Waals surface area contributed by atoms with Crippen LogP contribution < -0.4 is 0 Å². The second-order valence-electron chi connectivity index (χ2n) is 11.9. The van der Waals surface area contributed by atoms with Gasteiger partial charge in [-0.15, -0.1) is 0 Å². The van der Waals surface area contributed by atoms with Crippen LogP contribution in [-0.2, 0) is 0 Å². The minimum atomic E-state index is 0.917. The molecule has 0 bridgehead atoms. The monoisotopic (exact) mass is 572 g/mol. The number of nitrogens with one attached hydrogen (secondary N) is 1. The molecule has 9 rings (SSSR count). The molecule has 0 aliphatic carbocycles. The molecule has 0 saturated carbocycles. The van der Waals surface area contributed by atoms with E-state index in [9.17, 15) is 0 Å². The Labute approximate surface area is 263 Å². The molecule has 8 aromatic carbocycles. The molecule has 0 aliphatic heterocycles. The van der Waals surface area contributed by atoms with Gasteiger partial charge in [-0.2, -0.15) is 0 Å². The summed E-state index contributed by atoms with van der Waals surface area (Å²) in [4.78, 5) is 1.55. The lowest BCUT2D eigenvalue weighted by molar-refractivity contribution is 1.54. The molecular weight excluding hydrogens is 542 g/mol. The Morgan fingerprint density at radius 3 is 1.20 bits per heavy atom. The maximum absolute atomic E-state index is 8.74. The molecule has 210 valence electrons. The van der Waals surface area contributed by atoms with E-state index in [4.69, 9.17) is 1.41 Å². The third kappa shape index (κ3) is 4.58. The fourth-order valence-corrected chi connectivity index (χ4v) is 6.65. The highest BCUT2D eigenvalue weighted by Crippen LogP contribution is 2.35. The minimum absolute atomic E-state index is 0.917. The predicted octanol–water partition coefficient (Wildman–Crippen LogP) is 12.3. The molecule has 45 heavy (non-hydrogen) atoms. The normalized spacial score (nSPS) is 11.9. The van der Waals surface area contributed by atoms with Crippen molar-refractivity contribution < 1.29 is 1.41 Å². The molecule has 0 amide bonds. The van der Waals surface area contributed by atoms with Gasteiger partial charge >= 0.3 is 0 Å². The Morgan fingerprint density at radius 1 is 0.289 bits per heavy atom. The van der Waals surface area contributed by atoms with Crippen LogP contribution in [-0.4, -0.2) is 4.98 Å². The van der Waals surface area contributed by atoms with E-state index in [2.05, 4.69) is 164 Å². The summed E-state index contributed by atoms with van der Waals surface area (Å²) in [6, 6.07) is 60.8. The molecule has 0 unspecified atom stereocenters. The maximum atomic E-state index is 8.74. The first kappa shape index (κ1) is 24.5. The van der Waals surface area contributed by atoms with Crippen LogP contribution in [0.3, 0.4) is 0 Å². The van der Waals surface area contributed by atoms with Gasteiger partial charge in [-0.3, -0.25) is 0 Å². The van der Waals surface area contributed by atoms with Gasteiger partial charge in [0.25, 0.3) is 0 Å². The third-order valence-corrected chi connectivity index (χ3v) is 9.11. The van der Waals surface area contributed by atoms with Crippen molar-refractivity contribution >= 4 is 43.4 Å². The van der Waals surface area contributed by atoms with Gasteiger partial charge in [-0.25, -0.2) is 0 Å². The second-order valence-corrected chi connectivity index (χ2v) is 11.9. The van der Waals surface area contributed by atoms with Crippen molar-refractivity contribution in [3.05, 3.63) is 170 Å². The first-order chi connectivity index (χ1) is 22.7. The van der Waals surface area contributed by atoms with E-state index in [-0.39, 0.29) is 0 Å². The molecule has 1 N–H and O–H groups in total. The van der Waals surface area contributed by atoms with E-state index >= 15 is 0 Å². The Bertz CT molecular complexity index is 2580. The maximum Gasteiger partial charge on any atom is 0.167 e. The summed E-state index contributed by atoms with van der Waals surface area (Å²) in [6.07, 6.45) is 0. The number of rotatable bonds is 4. The van der Waals surface area contributed by atoms with Crippen LogP contribution in [0.15, 0.2) is 170 Å². The van der Waals surface area contributed by atoms with Gasteiger partial charge in [-0.1, -0.05) is 127 Å². The van der Waals surface area contributed by atoms with Gasteiger partial charge in [0.05, 0.1) is 0 Å². The third-order valence-electron chi connectivity index (χ3n) is 9.11. The van der Waals surface area contributed by atoms with Gasteiger partial charge in [0, 0.05) is 21.8 Å². The van der Waals surface area contributed by atoms with E-state index < -0.39 is 0 Å². The summed E-state index contributed by atoms with van der Waals surface area (Å²) >= 11 is 0. The van der Waals surface area contributed by atoms with Crippen LogP contribution in [0, 0.1) is 0 Å². The summed E-state index contributed by atoms with van der Waals surface area (Å²) in [5.74, 6) is 0. The number of hydrogen-bond donors (Lipinski definition) is 1. The van der Waals surface area contributed by atoms with Crippen LogP contribution >= 0.6 is 0 Å². The molecule has 1 heterocycles. The van der Waals surface area contributed by atoms with Crippen LogP contribution in [0.4, 0.5) is 0 Å². The molecule has 1 nitrogen and oxygen atoms in total. The van der Waals surface area contributed by atoms with Gasteiger partial charge < -0.3 is 4.98 Å². The van der Waals surface area contributed by atoms with Crippen molar-refractivity contribution in [2.45, 2.75) is 0 Å². The fraction of sp³-hybridized carbons (Fsp3) is 0. The standard InChI is InChI=1S/C44H29N/c1-2-6-29(7-3-1)39-20-22-43-41(27-39)42-28-40(21-23-44(42)45-43)32-12-10-31(11-13-32)34-16-17-37-26-38(19-18-36(37)25-34)35-15-14-30-8-4-5-9-33(30)24-35/h1-28,45H/i/hD. The summed E-state index contributed by atoms with van der Waals surface area (Å²) in [6.45, 7) is 0. The zero-order valence-electron chi connectivity index (χ0n) is 25.6. The number of H-pyrrole nitrogens is 1. The van der Waals surface area contributed by atoms with E-state index in [1.54, 1.807) is 4.98 Å². The molecule has 1 aromatic heterocycles. The Kier molecular flexibility index (Phi) is 5.65. The number of benzene rings is 8. The number of fused-ring (bicyclic) bond motifs is 5. The van der Waals surface area contributed by atoms with Crippen LogP contribution in [0.1, 0.15) is 0 Å². The number of aromatic amines is 1. The quantitative estimate of drug-likeness (QED) is 0.216. The fourth-order valence-electron chi connectivity index (χ4n) is 6.65. The van der Waals surface area contributed by atoms with E-state index in [0.29, 0.717) is 0 Å². The molecule has 9 aromatic rings. The average Bonchev–Trinajstić information content (AvgIpc) is 3.41. The Morgan fingerprint density at radius 2 is 0.644 bits per heavy atom. The van der Waals surface area contributed by atoms with Crippen molar-refractivity contribution in [2.75, 3.05) is 0 Å². The Hall–Kier alpha value is -5.92. The molecule has 1 heteroatoms. The van der Waals surface area contributed by atoms with Gasteiger partial charge in [0.1, 0.15) is 0 Å². The molecule has 0 atom stereocenters. The SMILES string of the molecule is [2H]n1c2ccc(-c3ccccc3)cc2c2cc(-c3ccc(-c4ccc5cc(-c6ccc7ccccc7c6)ccc5c4)cc3)ccc21. The smallest absolute Gasteiger partial charge is 0.167 e.